The van der Waals surface area contributed by atoms with Gasteiger partial charge in [0.25, 0.3) is 5.24 Å². The largest absolute Gasteiger partial charge is 0.276 e. The smallest absolute Gasteiger partial charge is 0.252 e. The molecule has 0 saturated carbocycles. The van der Waals surface area contributed by atoms with Gasteiger partial charge in [0.2, 0.25) is 0 Å². The van der Waals surface area contributed by atoms with Gasteiger partial charge in [0.1, 0.15) is 0 Å². The standard InChI is InChI=1S/C13H17ClO/c1-8-6-9(2)11(12(14)15)10(7-8)13(3,4)5/h6-7H,1-5H3. The van der Waals surface area contributed by atoms with Crippen LogP contribution < -0.4 is 0 Å². The Bertz CT molecular complexity index is 400. The zero-order valence-corrected chi connectivity index (χ0v) is 10.7. The van der Waals surface area contributed by atoms with Gasteiger partial charge in [-0.25, -0.2) is 0 Å². The van der Waals surface area contributed by atoms with Crippen LogP contribution in [-0.4, -0.2) is 5.24 Å². The number of carbonyl (C=O) groups excluding carboxylic acids is 1. The molecule has 1 aromatic carbocycles. The summed E-state index contributed by atoms with van der Waals surface area (Å²) in [5, 5.41) is -0.363. The molecule has 82 valence electrons. The van der Waals surface area contributed by atoms with Gasteiger partial charge < -0.3 is 0 Å². The number of aryl methyl sites for hydroxylation is 2. The molecular formula is C13H17ClO. The molecule has 2 heteroatoms. The first-order valence-electron chi connectivity index (χ1n) is 5.05. The van der Waals surface area contributed by atoms with Crippen molar-refractivity contribution >= 4 is 16.8 Å². The lowest BCUT2D eigenvalue weighted by Crippen LogP contribution is -2.17. The third-order valence-electron chi connectivity index (χ3n) is 2.48. The summed E-state index contributed by atoms with van der Waals surface area (Å²) in [6.45, 7) is 10.2. The van der Waals surface area contributed by atoms with E-state index < -0.39 is 0 Å². The summed E-state index contributed by atoms with van der Waals surface area (Å²) in [4.78, 5) is 11.4. The quantitative estimate of drug-likeness (QED) is 0.660. The molecule has 0 N–H and O–H groups in total. The average Bonchev–Trinajstić information content (AvgIpc) is 1.99. The van der Waals surface area contributed by atoms with E-state index in [0.29, 0.717) is 5.56 Å². The van der Waals surface area contributed by atoms with Gasteiger partial charge in [-0.15, -0.1) is 0 Å². The molecule has 0 saturated heterocycles. The van der Waals surface area contributed by atoms with Crippen LogP contribution in [0.2, 0.25) is 0 Å². The van der Waals surface area contributed by atoms with E-state index in [1.165, 1.54) is 5.56 Å². The molecule has 0 radical (unpaired) electrons. The first kappa shape index (κ1) is 12.3. The molecule has 15 heavy (non-hydrogen) atoms. The molecule has 1 rings (SSSR count). The van der Waals surface area contributed by atoms with Gasteiger partial charge in [0.15, 0.2) is 0 Å². The van der Waals surface area contributed by atoms with Gasteiger partial charge >= 0.3 is 0 Å². The Kier molecular flexibility index (Phi) is 3.25. The van der Waals surface area contributed by atoms with E-state index in [0.717, 1.165) is 11.1 Å². The first-order chi connectivity index (χ1) is 6.73. The number of halogens is 1. The molecule has 0 bridgehead atoms. The molecule has 1 aromatic rings. The molecule has 0 aromatic heterocycles. The van der Waals surface area contributed by atoms with Crippen molar-refractivity contribution in [2.45, 2.75) is 40.0 Å². The Hall–Kier alpha value is -0.820. The molecule has 1 nitrogen and oxygen atoms in total. The second-order valence-corrected chi connectivity index (χ2v) is 5.37. The van der Waals surface area contributed by atoms with Crippen LogP contribution in [0.15, 0.2) is 12.1 Å². The molecule has 0 aliphatic rings. The van der Waals surface area contributed by atoms with Crippen LogP contribution in [0.3, 0.4) is 0 Å². The average molecular weight is 225 g/mol. The van der Waals surface area contributed by atoms with Crippen molar-refractivity contribution in [2.24, 2.45) is 0 Å². The molecule has 0 aliphatic carbocycles. The Morgan fingerprint density at radius 1 is 1.20 bits per heavy atom. The molecule has 0 fully saturated rings. The Labute approximate surface area is 96.5 Å². The minimum absolute atomic E-state index is 0.0589. The monoisotopic (exact) mass is 224 g/mol. The van der Waals surface area contributed by atoms with E-state index in [9.17, 15) is 4.79 Å². The maximum Gasteiger partial charge on any atom is 0.252 e. The lowest BCUT2D eigenvalue weighted by Gasteiger charge is -2.23. The van der Waals surface area contributed by atoms with Gasteiger partial charge in [-0.1, -0.05) is 38.5 Å². The van der Waals surface area contributed by atoms with Crippen LogP contribution in [0, 0.1) is 13.8 Å². The number of benzene rings is 1. The third-order valence-corrected chi connectivity index (χ3v) is 2.67. The fourth-order valence-electron chi connectivity index (χ4n) is 1.82. The lowest BCUT2D eigenvalue weighted by atomic mass is 9.81. The normalized spacial score (nSPS) is 11.6. The van der Waals surface area contributed by atoms with Crippen LogP contribution in [0.4, 0.5) is 0 Å². The Morgan fingerprint density at radius 3 is 2.13 bits per heavy atom. The molecular weight excluding hydrogens is 208 g/mol. The van der Waals surface area contributed by atoms with Gasteiger partial charge in [0, 0.05) is 5.56 Å². The van der Waals surface area contributed by atoms with Crippen molar-refractivity contribution in [3.05, 3.63) is 34.4 Å². The Balaban J connectivity index is 3.54. The molecule has 0 atom stereocenters. The number of hydrogen-bond acceptors (Lipinski definition) is 1. The fraction of sp³-hybridized carbons (Fsp3) is 0.462. The van der Waals surface area contributed by atoms with Crippen LogP contribution in [0.1, 0.15) is 47.8 Å². The van der Waals surface area contributed by atoms with Crippen LogP contribution in [0.25, 0.3) is 0 Å². The SMILES string of the molecule is Cc1cc(C)c(C(=O)Cl)c(C(C)(C)C)c1. The Morgan fingerprint density at radius 2 is 1.73 bits per heavy atom. The van der Waals surface area contributed by atoms with E-state index in [4.69, 9.17) is 11.6 Å². The highest BCUT2D eigenvalue weighted by atomic mass is 35.5. The molecule has 0 aliphatic heterocycles. The lowest BCUT2D eigenvalue weighted by molar-refractivity contribution is 0.107. The first-order valence-corrected chi connectivity index (χ1v) is 5.43. The minimum Gasteiger partial charge on any atom is -0.276 e. The third kappa shape index (κ3) is 2.60. The minimum atomic E-state index is -0.363. The number of hydrogen-bond donors (Lipinski definition) is 0. The van der Waals surface area contributed by atoms with Gasteiger partial charge in [0.05, 0.1) is 0 Å². The maximum absolute atomic E-state index is 11.4. The number of carbonyl (C=O) groups is 1. The summed E-state index contributed by atoms with van der Waals surface area (Å²) in [5.41, 5.74) is 3.75. The van der Waals surface area contributed by atoms with Crippen molar-refractivity contribution in [3.63, 3.8) is 0 Å². The van der Waals surface area contributed by atoms with Crippen molar-refractivity contribution in [2.75, 3.05) is 0 Å². The molecule has 0 heterocycles. The highest BCUT2D eigenvalue weighted by Crippen LogP contribution is 2.30. The summed E-state index contributed by atoms with van der Waals surface area (Å²) >= 11 is 5.63. The van der Waals surface area contributed by atoms with E-state index in [2.05, 4.69) is 20.8 Å². The zero-order valence-electron chi connectivity index (χ0n) is 9.94. The summed E-state index contributed by atoms with van der Waals surface area (Å²) < 4.78 is 0. The van der Waals surface area contributed by atoms with E-state index >= 15 is 0 Å². The molecule has 0 spiro atoms. The molecule has 0 unspecified atom stereocenters. The second-order valence-electron chi connectivity index (χ2n) is 5.03. The maximum atomic E-state index is 11.4. The highest BCUT2D eigenvalue weighted by Gasteiger charge is 2.22. The van der Waals surface area contributed by atoms with E-state index in [-0.39, 0.29) is 10.7 Å². The number of rotatable bonds is 1. The van der Waals surface area contributed by atoms with Crippen LogP contribution in [0.5, 0.6) is 0 Å². The molecule has 0 amide bonds. The van der Waals surface area contributed by atoms with Crippen LogP contribution >= 0.6 is 11.6 Å². The topological polar surface area (TPSA) is 17.1 Å². The predicted octanol–water partition coefficient (Wildman–Crippen LogP) is 3.98. The highest BCUT2D eigenvalue weighted by molar-refractivity contribution is 6.68. The summed E-state index contributed by atoms with van der Waals surface area (Å²) in [5.74, 6) is 0. The van der Waals surface area contributed by atoms with Gasteiger partial charge in [-0.3, -0.25) is 4.79 Å². The predicted molar refractivity (Wildman–Crippen MR) is 64.8 cm³/mol. The van der Waals surface area contributed by atoms with Crippen LogP contribution in [-0.2, 0) is 5.41 Å². The van der Waals surface area contributed by atoms with Crippen molar-refractivity contribution in [3.8, 4) is 0 Å². The second kappa shape index (κ2) is 3.97. The van der Waals surface area contributed by atoms with E-state index in [1.807, 2.05) is 26.0 Å². The summed E-state index contributed by atoms with van der Waals surface area (Å²) in [6, 6.07) is 4.04. The van der Waals surface area contributed by atoms with Gasteiger partial charge in [-0.05, 0) is 42.0 Å². The van der Waals surface area contributed by atoms with Crippen molar-refractivity contribution in [1.82, 2.24) is 0 Å². The van der Waals surface area contributed by atoms with Crippen molar-refractivity contribution < 1.29 is 4.79 Å². The summed E-state index contributed by atoms with van der Waals surface area (Å²) in [6.07, 6.45) is 0. The summed E-state index contributed by atoms with van der Waals surface area (Å²) in [7, 11) is 0. The fourth-order valence-corrected chi connectivity index (χ4v) is 2.07. The van der Waals surface area contributed by atoms with E-state index in [1.54, 1.807) is 0 Å². The van der Waals surface area contributed by atoms with Gasteiger partial charge in [-0.2, -0.15) is 0 Å². The van der Waals surface area contributed by atoms with Crippen molar-refractivity contribution in [1.29, 1.82) is 0 Å². The zero-order chi connectivity index (χ0) is 11.8.